The van der Waals surface area contributed by atoms with Crippen molar-refractivity contribution in [3.8, 4) is 0 Å². The second-order valence-corrected chi connectivity index (χ2v) is 8.70. The molecule has 178 valence electrons. The van der Waals surface area contributed by atoms with E-state index >= 15 is 0 Å². The van der Waals surface area contributed by atoms with Gasteiger partial charge in [-0.1, -0.05) is 86.0 Å². The molecule has 2 aromatic rings. The quantitative estimate of drug-likeness (QED) is 0.153. The lowest BCUT2D eigenvalue weighted by Gasteiger charge is -2.24. The zero-order valence-corrected chi connectivity index (χ0v) is 21.0. The molecule has 1 aromatic carbocycles. The van der Waals surface area contributed by atoms with Gasteiger partial charge >= 0.3 is 0 Å². The fraction of sp³-hybridized carbons (Fsp3) is 0.241. The molecule has 0 spiro atoms. The van der Waals surface area contributed by atoms with Crippen LogP contribution >= 0.6 is 11.3 Å². The maximum absolute atomic E-state index is 11.4. The molecular weight excluding hydrogens is 440 g/mol. The highest BCUT2D eigenvalue weighted by atomic mass is 32.1. The summed E-state index contributed by atoms with van der Waals surface area (Å²) in [6.45, 7) is 13.6. The minimum Gasteiger partial charge on any atom is -0.377 e. The highest BCUT2D eigenvalue weighted by Crippen LogP contribution is 2.29. The Hall–Kier alpha value is -3.28. The van der Waals surface area contributed by atoms with Crippen molar-refractivity contribution in [1.29, 1.82) is 0 Å². The van der Waals surface area contributed by atoms with E-state index < -0.39 is 0 Å². The lowest BCUT2D eigenvalue weighted by Crippen LogP contribution is -2.24. The molecule has 5 heteroatoms. The van der Waals surface area contributed by atoms with Crippen molar-refractivity contribution in [3.63, 3.8) is 0 Å². The van der Waals surface area contributed by atoms with Crippen LogP contribution in [-0.2, 0) is 11.3 Å². The summed E-state index contributed by atoms with van der Waals surface area (Å²) in [5.74, 6) is 0. The molecule has 1 heterocycles. The molecule has 4 nitrogen and oxygen atoms in total. The third kappa shape index (κ3) is 8.93. The largest absolute Gasteiger partial charge is 0.377 e. The van der Waals surface area contributed by atoms with Crippen molar-refractivity contribution in [2.45, 2.75) is 33.3 Å². The Bertz CT molecular complexity index is 1050. The van der Waals surface area contributed by atoms with E-state index in [0.29, 0.717) is 25.5 Å². The summed E-state index contributed by atoms with van der Waals surface area (Å²) in [6.07, 6.45) is 18.3. The highest BCUT2D eigenvalue weighted by Gasteiger charge is 2.17. The van der Waals surface area contributed by atoms with Crippen LogP contribution in [0.5, 0.6) is 0 Å². The molecule has 0 aliphatic rings. The van der Waals surface area contributed by atoms with E-state index in [4.69, 9.17) is 4.74 Å². The molecule has 1 aromatic heterocycles. The molecule has 2 rings (SSSR count). The van der Waals surface area contributed by atoms with Gasteiger partial charge in [-0.25, -0.2) is 4.98 Å². The average Bonchev–Trinajstić information content (AvgIpc) is 3.24. The van der Waals surface area contributed by atoms with Gasteiger partial charge in [0, 0.05) is 17.2 Å². The van der Waals surface area contributed by atoms with E-state index in [0.717, 1.165) is 40.4 Å². The third-order valence-corrected chi connectivity index (χ3v) is 5.95. The Kier molecular flexibility index (Phi) is 12.3. The predicted molar refractivity (Wildman–Crippen MR) is 145 cm³/mol. The van der Waals surface area contributed by atoms with Crippen molar-refractivity contribution >= 4 is 22.8 Å². The standard InChI is InChI=1S/C29H34N2O2S/c1-5-8-15-25(7-3)21-31(29-30-28(22-32)24(4)34-29)27(18-9-6-2)19-13-14-20-33-23-26-16-11-10-12-17-26/h5-12,15-19,22H,2-3,13-14,20-21,23H2,1,4H3/b8-5-,18-9-,25-15+,27-19+. The van der Waals surface area contributed by atoms with Crippen LogP contribution < -0.4 is 4.90 Å². The number of ether oxygens (including phenoxy) is 1. The van der Waals surface area contributed by atoms with Gasteiger partial charge in [0.2, 0.25) is 0 Å². The van der Waals surface area contributed by atoms with Crippen molar-refractivity contribution in [2.24, 2.45) is 0 Å². The van der Waals surface area contributed by atoms with E-state index in [1.54, 1.807) is 6.08 Å². The lowest BCUT2D eigenvalue weighted by atomic mass is 10.2. The summed E-state index contributed by atoms with van der Waals surface area (Å²) in [5.41, 5.74) is 3.68. The fourth-order valence-electron chi connectivity index (χ4n) is 3.11. The van der Waals surface area contributed by atoms with Crippen LogP contribution in [0.25, 0.3) is 0 Å². The van der Waals surface area contributed by atoms with Crippen molar-refractivity contribution < 1.29 is 9.53 Å². The minimum atomic E-state index is 0.476. The summed E-state index contributed by atoms with van der Waals surface area (Å²) < 4.78 is 5.83. The molecule has 34 heavy (non-hydrogen) atoms. The van der Waals surface area contributed by atoms with E-state index in [9.17, 15) is 4.79 Å². The molecule has 0 aliphatic carbocycles. The zero-order chi connectivity index (χ0) is 24.6. The summed E-state index contributed by atoms with van der Waals surface area (Å²) >= 11 is 1.51. The Morgan fingerprint density at radius 1 is 1.21 bits per heavy atom. The van der Waals surface area contributed by atoms with Crippen LogP contribution in [0.15, 0.2) is 103 Å². The third-order valence-electron chi connectivity index (χ3n) is 4.94. The normalized spacial score (nSPS) is 12.4. The SMILES string of the molecule is C=C/C=C\C(=C/CCCOCc1ccccc1)N(C/C(C=C)=C/C=C\C)c1nc(C=O)c(C)s1. The van der Waals surface area contributed by atoms with Crippen LogP contribution in [0.4, 0.5) is 5.13 Å². The first-order chi connectivity index (χ1) is 16.6. The van der Waals surface area contributed by atoms with E-state index in [-0.39, 0.29) is 0 Å². The molecule has 0 radical (unpaired) electrons. The molecule has 0 aliphatic heterocycles. The van der Waals surface area contributed by atoms with Gasteiger partial charge in [0.15, 0.2) is 11.4 Å². The predicted octanol–water partition coefficient (Wildman–Crippen LogP) is 7.38. The fourth-order valence-corrected chi connectivity index (χ4v) is 4.01. The van der Waals surface area contributed by atoms with Gasteiger partial charge in [-0.05, 0) is 43.9 Å². The second kappa shape index (κ2) is 15.5. The van der Waals surface area contributed by atoms with Crippen LogP contribution in [0.1, 0.15) is 40.7 Å². The zero-order valence-electron chi connectivity index (χ0n) is 20.2. The average molecular weight is 475 g/mol. The van der Waals surface area contributed by atoms with Gasteiger partial charge in [0.05, 0.1) is 13.2 Å². The van der Waals surface area contributed by atoms with E-state index in [1.165, 1.54) is 16.9 Å². The molecule has 0 fully saturated rings. The molecule has 0 atom stereocenters. The summed E-state index contributed by atoms with van der Waals surface area (Å²) in [5, 5.41) is 0.771. The van der Waals surface area contributed by atoms with Crippen molar-refractivity contribution in [1.82, 2.24) is 4.98 Å². The van der Waals surface area contributed by atoms with Gasteiger partial charge in [0.25, 0.3) is 0 Å². The van der Waals surface area contributed by atoms with Gasteiger partial charge in [-0.3, -0.25) is 4.79 Å². The summed E-state index contributed by atoms with van der Waals surface area (Å²) in [7, 11) is 0. The summed E-state index contributed by atoms with van der Waals surface area (Å²) in [4.78, 5) is 19.0. The Labute approximate surface area is 208 Å². The molecule has 0 bridgehead atoms. The van der Waals surface area contributed by atoms with Crippen molar-refractivity contribution in [3.05, 3.63) is 120 Å². The van der Waals surface area contributed by atoms with Gasteiger partial charge in [0.1, 0.15) is 5.69 Å². The van der Waals surface area contributed by atoms with Crippen LogP contribution in [-0.4, -0.2) is 24.4 Å². The van der Waals surface area contributed by atoms with E-state index in [1.807, 2.05) is 68.5 Å². The van der Waals surface area contributed by atoms with Gasteiger partial charge in [-0.2, -0.15) is 0 Å². The monoisotopic (exact) mass is 474 g/mol. The number of benzene rings is 1. The Morgan fingerprint density at radius 3 is 2.65 bits per heavy atom. The number of hydrogen-bond donors (Lipinski definition) is 0. The number of hydrogen-bond acceptors (Lipinski definition) is 5. The second-order valence-electron chi connectivity index (χ2n) is 7.52. The number of carbonyl (C=O) groups excluding carboxylic acids is 1. The number of aldehydes is 1. The number of carbonyl (C=O) groups is 1. The number of thiazole rings is 1. The summed E-state index contributed by atoms with van der Waals surface area (Å²) in [6, 6.07) is 10.2. The first-order valence-corrected chi connectivity index (χ1v) is 12.2. The van der Waals surface area contributed by atoms with E-state index in [2.05, 4.69) is 41.3 Å². The molecule has 0 unspecified atom stereocenters. The lowest BCUT2D eigenvalue weighted by molar-refractivity contribution is 0.111. The minimum absolute atomic E-state index is 0.476. The van der Waals surface area contributed by atoms with Crippen LogP contribution in [0.2, 0.25) is 0 Å². The number of allylic oxidation sites excluding steroid dienone is 7. The van der Waals surface area contributed by atoms with Gasteiger partial charge in [-0.15, -0.1) is 11.3 Å². The maximum Gasteiger partial charge on any atom is 0.191 e. The maximum atomic E-state index is 11.4. The number of nitrogens with zero attached hydrogens (tertiary/aromatic N) is 2. The van der Waals surface area contributed by atoms with Crippen molar-refractivity contribution in [2.75, 3.05) is 18.1 Å². The number of aromatic nitrogens is 1. The first kappa shape index (κ1) is 27.0. The first-order valence-electron chi connectivity index (χ1n) is 11.4. The van der Waals surface area contributed by atoms with Gasteiger partial charge < -0.3 is 9.64 Å². The number of anilines is 1. The molecule has 0 saturated carbocycles. The molecule has 0 saturated heterocycles. The number of rotatable bonds is 15. The number of unbranched alkanes of at least 4 members (excludes halogenated alkanes) is 1. The smallest absolute Gasteiger partial charge is 0.191 e. The Balaban J connectivity index is 2.21. The van der Waals surface area contributed by atoms with Crippen LogP contribution in [0.3, 0.4) is 0 Å². The topological polar surface area (TPSA) is 42.4 Å². The molecular formula is C29H34N2O2S. The molecule has 0 amide bonds. The Morgan fingerprint density at radius 2 is 2.00 bits per heavy atom. The number of aryl methyl sites for hydroxylation is 1. The molecule has 0 N–H and O–H groups in total. The highest BCUT2D eigenvalue weighted by molar-refractivity contribution is 7.15. The van der Waals surface area contributed by atoms with Crippen LogP contribution in [0, 0.1) is 6.92 Å².